The van der Waals surface area contributed by atoms with Gasteiger partial charge in [0.25, 0.3) is 5.91 Å². The smallest absolute Gasteiger partial charge is 0.272 e. The van der Waals surface area contributed by atoms with Gasteiger partial charge in [0.05, 0.1) is 12.3 Å². The molecule has 2 aromatic rings. The standard InChI is InChI=1S/C16H20N4O3/c1-20(2)15(21)14-10-13(18-16(17)19-14)11-5-4-6-12(9-11)23-8-7-22-3/h4-6,9-10H,7-8H2,1-3H3,(H2,17,18,19). The summed E-state index contributed by atoms with van der Waals surface area (Å²) >= 11 is 0. The van der Waals surface area contributed by atoms with Crippen LogP contribution in [0.1, 0.15) is 10.5 Å². The number of benzene rings is 1. The van der Waals surface area contributed by atoms with Crippen molar-refractivity contribution in [3.05, 3.63) is 36.0 Å². The highest BCUT2D eigenvalue weighted by molar-refractivity contribution is 5.93. The van der Waals surface area contributed by atoms with Crippen molar-refractivity contribution in [2.75, 3.05) is 40.2 Å². The fourth-order valence-electron chi connectivity index (χ4n) is 1.94. The third-order valence-corrected chi connectivity index (χ3v) is 3.05. The first kappa shape index (κ1) is 16.7. The van der Waals surface area contributed by atoms with Crippen molar-refractivity contribution in [2.24, 2.45) is 0 Å². The number of methoxy groups -OCH3 is 1. The maximum absolute atomic E-state index is 12.1. The molecule has 23 heavy (non-hydrogen) atoms. The number of hydrogen-bond acceptors (Lipinski definition) is 6. The molecule has 1 aromatic carbocycles. The van der Waals surface area contributed by atoms with Gasteiger partial charge in [-0.1, -0.05) is 12.1 Å². The lowest BCUT2D eigenvalue weighted by molar-refractivity contribution is 0.0822. The van der Waals surface area contributed by atoms with Crippen LogP contribution < -0.4 is 10.5 Å². The summed E-state index contributed by atoms with van der Waals surface area (Å²) in [7, 11) is 4.93. The van der Waals surface area contributed by atoms with E-state index in [9.17, 15) is 4.79 Å². The van der Waals surface area contributed by atoms with E-state index in [-0.39, 0.29) is 17.5 Å². The van der Waals surface area contributed by atoms with Gasteiger partial charge in [0.1, 0.15) is 18.1 Å². The number of anilines is 1. The van der Waals surface area contributed by atoms with Crippen LogP contribution in [0.2, 0.25) is 0 Å². The van der Waals surface area contributed by atoms with Gasteiger partial charge in [-0.25, -0.2) is 9.97 Å². The highest BCUT2D eigenvalue weighted by Crippen LogP contribution is 2.23. The second-order valence-electron chi connectivity index (χ2n) is 5.07. The lowest BCUT2D eigenvalue weighted by Gasteiger charge is -2.11. The molecule has 2 rings (SSSR count). The number of nitrogens with two attached hydrogens (primary N) is 1. The number of hydrogen-bond donors (Lipinski definition) is 1. The number of amides is 1. The Bertz CT molecular complexity index is 689. The van der Waals surface area contributed by atoms with Crippen LogP contribution in [0.25, 0.3) is 11.3 Å². The highest BCUT2D eigenvalue weighted by atomic mass is 16.5. The minimum atomic E-state index is -0.229. The SMILES string of the molecule is COCCOc1cccc(-c2cc(C(=O)N(C)C)nc(N)n2)c1. The van der Waals surface area contributed by atoms with Crippen molar-refractivity contribution in [1.82, 2.24) is 14.9 Å². The highest BCUT2D eigenvalue weighted by Gasteiger charge is 2.13. The number of ether oxygens (including phenoxy) is 2. The Balaban J connectivity index is 2.31. The van der Waals surface area contributed by atoms with E-state index in [0.29, 0.717) is 24.7 Å². The Morgan fingerprint density at radius 2 is 2.00 bits per heavy atom. The molecule has 0 saturated heterocycles. The van der Waals surface area contributed by atoms with Crippen molar-refractivity contribution in [2.45, 2.75) is 0 Å². The summed E-state index contributed by atoms with van der Waals surface area (Å²) in [5.41, 5.74) is 7.35. The third-order valence-electron chi connectivity index (χ3n) is 3.05. The zero-order chi connectivity index (χ0) is 16.8. The van der Waals surface area contributed by atoms with Crippen LogP contribution in [-0.4, -0.2) is 55.2 Å². The summed E-state index contributed by atoms with van der Waals surface area (Å²) < 4.78 is 10.5. The predicted molar refractivity (Wildman–Crippen MR) is 87.3 cm³/mol. The van der Waals surface area contributed by atoms with Crippen molar-refractivity contribution < 1.29 is 14.3 Å². The van der Waals surface area contributed by atoms with Gasteiger partial charge in [-0.2, -0.15) is 0 Å². The van der Waals surface area contributed by atoms with Gasteiger partial charge in [-0.05, 0) is 18.2 Å². The van der Waals surface area contributed by atoms with E-state index in [1.165, 1.54) is 4.90 Å². The normalized spacial score (nSPS) is 10.4. The quantitative estimate of drug-likeness (QED) is 0.811. The van der Waals surface area contributed by atoms with Crippen molar-refractivity contribution >= 4 is 11.9 Å². The number of rotatable bonds is 6. The molecule has 1 heterocycles. The van der Waals surface area contributed by atoms with Gasteiger partial charge >= 0.3 is 0 Å². The van der Waals surface area contributed by atoms with E-state index in [2.05, 4.69) is 9.97 Å². The maximum atomic E-state index is 12.1. The van der Waals surface area contributed by atoms with E-state index in [0.717, 1.165) is 5.56 Å². The van der Waals surface area contributed by atoms with E-state index >= 15 is 0 Å². The first-order valence-electron chi connectivity index (χ1n) is 7.09. The molecule has 0 radical (unpaired) electrons. The second-order valence-corrected chi connectivity index (χ2v) is 5.07. The van der Waals surface area contributed by atoms with Gasteiger partial charge in [0, 0.05) is 26.8 Å². The molecule has 0 aliphatic carbocycles. The summed E-state index contributed by atoms with van der Waals surface area (Å²) in [5, 5.41) is 0. The monoisotopic (exact) mass is 316 g/mol. The molecule has 2 N–H and O–H groups in total. The zero-order valence-electron chi connectivity index (χ0n) is 13.4. The summed E-state index contributed by atoms with van der Waals surface area (Å²) in [6.07, 6.45) is 0. The largest absolute Gasteiger partial charge is 0.491 e. The van der Waals surface area contributed by atoms with Crippen LogP contribution in [0.4, 0.5) is 5.95 Å². The topological polar surface area (TPSA) is 90.6 Å². The zero-order valence-corrected chi connectivity index (χ0v) is 13.4. The Labute approximate surface area is 135 Å². The van der Waals surface area contributed by atoms with Crippen LogP contribution in [0.15, 0.2) is 30.3 Å². The molecule has 0 fully saturated rings. The average Bonchev–Trinajstić information content (AvgIpc) is 2.54. The Hall–Kier alpha value is -2.67. The van der Waals surface area contributed by atoms with Gasteiger partial charge in [-0.15, -0.1) is 0 Å². The fourth-order valence-corrected chi connectivity index (χ4v) is 1.94. The molecule has 7 heteroatoms. The number of nitrogen functional groups attached to an aromatic ring is 1. The van der Waals surface area contributed by atoms with Gasteiger partial charge in [0.2, 0.25) is 5.95 Å². The molecule has 0 saturated carbocycles. The number of aromatic nitrogens is 2. The van der Waals surface area contributed by atoms with E-state index in [1.807, 2.05) is 24.3 Å². The Morgan fingerprint density at radius 3 is 2.70 bits per heavy atom. The van der Waals surface area contributed by atoms with Crippen molar-refractivity contribution in [1.29, 1.82) is 0 Å². The fraction of sp³-hybridized carbons (Fsp3) is 0.312. The molecule has 1 aromatic heterocycles. The Kier molecular flexibility index (Phi) is 5.48. The molecular formula is C16H20N4O3. The van der Waals surface area contributed by atoms with Crippen molar-refractivity contribution in [3.8, 4) is 17.0 Å². The van der Waals surface area contributed by atoms with Crippen LogP contribution >= 0.6 is 0 Å². The average molecular weight is 316 g/mol. The number of carbonyl (C=O) groups excluding carboxylic acids is 1. The number of nitrogens with zero attached hydrogens (tertiary/aromatic N) is 3. The van der Waals surface area contributed by atoms with Crippen LogP contribution in [0.5, 0.6) is 5.75 Å². The molecule has 7 nitrogen and oxygen atoms in total. The van der Waals surface area contributed by atoms with Crippen LogP contribution in [0.3, 0.4) is 0 Å². The Morgan fingerprint density at radius 1 is 1.22 bits per heavy atom. The molecule has 1 amide bonds. The first-order valence-corrected chi connectivity index (χ1v) is 7.09. The molecule has 0 aliphatic rings. The second kappa shape index (κ2) is 7.55. The van der Waals surface area contributed by atoms with E-state index in [1.54, 1.807) is 27.3 Å². The third kappa shape index (κ3) is 4.40. The number of carbonyl (C=O) groups is 1. The van der Waals surface area contributed by atoms with Crippen LogP contribution in [0, 0.1) is 0 Å². The molecule has 0 bridgehead atoms. The molecule has 0 spiro atoms. The molecule has 0 aliphatic heterocycles. The van der Waals surface area contributed by atoms with Crippen molar-refractivity contribution in [3.63, 3.8) is 0 Å². The lowest BCUT2D eigenvalue weighted by Crippen LogP contribution is -2.23. The lowest BCUT2D eigenvalue weighted by atomic mass is 10.1. The van der Waals surface area contributed by atoms with Crippen LogP contribution in [-0.2, 0) is 4.74 Å². The summed E-state index contributed by atoms with van der Waals surface area (Å²) in [4.78, 5) is 21.7. The minimum absolute atomic E-state index is 0.0541. The molecular weight excluding hydrogens is 296 g/mol. The van der Waals surface area contributed by atoms with Gasteiger partial charge in [-0.3, -0.25) is 4.79 Å². The summed E-state index contributed by atoms with van der Waals surface area (Å²) in [5.74, 6) is 0.517. The summed E-state index contributed by atoms with van der Waals surface area (Å²) in [6, 6.07) is 9.02. The first-order chi connectivity index (χ1) is 11.0. The van der Waals surface area contributed by atoms with Gasteiger partial charge < -0.3 is 20.1 Å². The summed E-state index contributed by atoms with van der Waals surface area (Å²) in [6.45, 7) is 0.961. The van der Waals surface area contributed by atoms with E-state index < -0.39 is 0 Å². The van der Waals surface area contributed by atoms with E-state index in [4.69, 9.17) is 15.2 Å². The molecule has 0 unspecified atom stereocenters. The van der Waals surface area contributed by atoms with Gasteiger partial charge in [0.15, 0.2) is 0 Å². The molecule has 122 valence electrons. The predicted octanol–water partition coefficient (Wildman–Crippen LogP) is 1.45. The molecule has 0 atom stereocenters. The minimum Gasteiger partial charge on any atom is -0.491 e. The maximum Gasteiger partial charge on any atom is 0.272 e.